The lowest BCUT2D eigenvalue weighted by Gasteiger charge is -2.34. The second-order valence-electron chi connectivity index (χ2n) is 5.88. The predicted octanol–water partition coefficient (Wildman–Crippen LogP) is 1.29. The van der Waals surface area contributed by atoms with Crippen LogP contribution >= 0.6 is 0 Å². The van der Waals surface area contributed by atoms with E-state index in [0.717, 1.165) is 31.5 Å². The van der Waals surface area contributed by atoms with E-state index < -0.39 is 6.03 Å². The Morgan fingerprint density at radius 2 is 2.08 bits per heavy atom. The SMILES string of the molecule is CCCCN1CCOC[C@@H]1C(=O)NCc1ccc(NC(N)=O)cc1. The number of unbranched alkanes of at least 4 members (excludes halogenated alkanes) is 1. The number of carbonyl (C=O) groups excluding carboxylic acids is 2. The highest BCUT2D eigenvalue weighted by Crippen LogP contribution is 2.11. The smallest absolute Gasteiger partial charge is 0.316 e. The summed E-state index contributed by atoms with van der Waals surface area (Å²) < 4.78 is 5.46. The molecule has 7 heteroatoms. The monoisotopic (exact) mass is 334 g/mol. The van der Waals surface area contributed by atoms with Crippen LogP contribution in [0.2, 0.25) is 0 Å². The number of morpholine rings is 1. The van der Waals surface area contributed by atoms with Crippen LogP contribution in [0.15, 0.2) is 24.3 Å². The first-order valence-electron chi connectivity index (χ1n) is 8.35. The van der Waals surface area contributed by atoms with E-state index in [-0.39, 0.29) is 11.9 Å². The van der Waals surface area contributed by atoms with Gasteiger partial charge in [-0.3, -0.25) is 9.69 Å². The molecule has 1 fully saturated rings. The Kier molecular flexibility index (Phi) is 7.02. The van der Waals surface area contributed by atoms with E-state index in [1.54, 1.807) is 12.1 Å². The summed E-state index contributed by atoms with van der Waals surface area (Å²) in [6.45, 7) is 5.43. The third-order valence-electron chi connectivity index (χ3n) is 4.03. The van der Waals surface area contributed by atoms with Crippen LogP contribution in [0, 0.1) is 0 Å². The van der Waals surface area contributed by atoms with E-state index in [2.05, 4.69) is 22.5 Å². The molecule has 1 aromatic rings. The minimum absolute atomic E-state index is 0.00913. The third kappa shape index (κ3) is 5.50. The maximum atomic E-state index is 12.5. The van der Waals surface area contributed by atoms with Gasteiger partial charge in [0.2, 0.25) is 5.91 Å². The second-order valence-corrected chi connectivity index (χ2v) is 5.88. The standard InChI is InChI=1S/C17H26N4O3/c1-2-3-8-21-9-10-24-12-15(21)16(22)19-11-13-4-6-14(7-5-13)20-17(18)23/h4-7,15H,2-3,8-12H2,1H3,(H,19,22)(H3,18,20,23)/t15-/m1/s1. The second kappa shape index (κ2) is 9.24. The minimum atomic E-state index is -0.597. The molecule has 1 aliphatic rings. The Morgan fingerprint density at radius 3 is 2.75 bits per heavy atom. The Balaban J connectivity index is 1.85. The van der Waals surface area contributed by atoms with E-state index in [0.29, 0.717) is 25.4 Å². The number of hydrogen-bond donors (Lipinski definition) is 3. The van der Waals surface area contributed by atoms with Gasteiger partial charge in [-0.25, -0.2) is 4.79 Å². The number of amides is 3. The molecule has 2 rings (SSSR count). The van der Waals surface area contributed by atoms with Crippen LogP contribution in [0.3, 0.4) is 0 Å². The van der Waals surface area contributed by atoms with Crippen molar-refractivity contribution in [1.29, 1.82) is 0 Å². The average molecular weight is 334 g/mol. The molecule has 1 atom stereocenters. The molecule has 132 valence electrons. The lowest BCUT2D eigenvalue weighted by Crippen LogP contribution is -2.53. The molecule has 1 heterocycles. The summed E-state index contributed by atoms with van der Waals surface area (Å²) in [5, 5.41) is 5.46. The van der Waals surface area contributed by atoms with Crippen LogP contribution in [0.5, 0.6) is 0 Å². The number of rotatable bonds is 7. The van der Waals surface area contributed by atoms with Crippen molar-refractivity contribution in [3.63, 3.8) is 0 Å². The van der Waals surface area contributed by atoms with Crippen molar-refractivity contribution < 1.29 is 14.3 Å². The lowest BCUT2D eigenvalue weighted by atomic mass is 10.1. The third-order valence-corrected chi connectivity index (χ3v) is 4.03. The van der Waals surface area contributed by atoms with Gasteiger partial charge in [0.25, 0.3) is 0 Å². The van der Waals surface area contributed by atoms with Gasteiger partial charge in [-0.05, 0) is 30.7 Å². The van der Waals surface area contributed by atoms with Crippen LogP contribution < -0.4 is 16.4 Å². The Hall–Kier alpha value is -2.12. The quantitative estimate of drug-likeness (QED) is 0.700. The zero-order valence-corrected chi connectivity index (χ0v) is 14.1. The van der Waals surface area contributed by atoms with Gasteiger partial charge in [-0.2, -0.15) is 0 Å². The molecule has 1 aromatic carbocycles. The summed E-state index contributed by atoms with van der Waals surface area (Å²) in [5.41, 5.74) is 6.65. The van der Waals surface area contributed by atoms with E-state index in [4.69, 9.17) is 10.5 Å². The van der Waals surface area contributed by atoms with Crippen molar-refractivity contribution in [1.82, 2.24) is 10.2 Å². The van der Waals surface area contributed by atoms with Crippen molar-refractivity contribution in [3.05, 3.63) is 29.8 Å². The molecular formula is C17H26N4O3. The Bertz CT molecular complexity index is 547. The predicted molar refractivity (Wildman–Crippen MR) is 92.6 cm³/mol. The number of urea groups is 1. The summed E-state index contributed by atoms with van der Waals surface area (Å²) in [4.78, 5) is 25.4. The largest absolute Gasteiger partial charge is 0.378 e. The fourth-order valence-electron chi connectivity index (χ4n) is 2.66. The molecule has 3 amide bonds. The maximum Gasteiger partial charge on any atom is 0.316 e. The van der Waals surface area contributed by atoms with Crippen LogP contribution in [0.4, 0.5) is 10.5 Å². The summed E-state index contributed by atoms with van der Waals surface area (Å²) >= 11 is 0. The molecule has 0 bridgehead atoms. The van der Waals surface area contributed by atoms with Crippen LogP contribution in [-0.4, -0.2) is 49.2 Å². The number of primary amides is 1. The van der Waals surface area contributed by atoms with Gasteiger partial charge in [-0.15, -0.1) is 0 Å². The molecule has 1 aliphatic heterocycles. The summed E-state index contributed by atoms with van der Waals surface area (Å²) in [6.07, 6.45) is 2.19. The highest BCUT2D eigenvalue weighted by molar-refractivity contribution is 5.87. The van der Waals surface area contributed by atoms with Crippen LogP contribution in [0.25, 0.3) is 0 Å². The zero-order valence-electron chi connectivity index (χ0n) is 14.1. The molecule has 0 aromatic heterocycles. The molecule has 0 aliphatic carbocycles. The van der Waals surface area contributed by atoms with Gasteiger partial charge in [0.05, 0.1) is 13.2 Å². The number of carbonyl (C=O) groups is 2. The topological polar surface area (TPSA) is 96.7 Å². The van der Waals surface area contributed by atoms with Crippen LogP contribution in [0.1, 0.15) is 25.3 Å². The van der Waals surface area contributed by atoms with E-state index in [1.165, 1.54) is 0 Å². The zero-order chi connectivity index (χ0) is 17.4. The maximum absolute atomic E-state index is 12.5. The van der Waals surface area contributed by atoms with Crippen molar-refractivity contribution in [2.24, 2.45) is 5.73 Å². The van der Waals surface area contributed by atoms with E-state index >= 15 is 0 Å². The fourth-order valence-corrected chi connectivity index (χ4v) is 2.66. The molecule has 0 spiro atoms. The highest BCUT2D eigenvalue weighted by atomic mass is 16.5. The van der Waals surface area contributed by atoms with E-state index in [9.17, 15) is 9.59 Å². The van der Waals surface area contributed by atoms with Crippen molar-refractivity contribution in [3.8, 4) is 0 Å². The van der Waals surface area contributed by atoms with Gasteiger partial charge in [0.15, 0.2) is 0 Å². The fraction of sp³-hybridized carbons (Fsp3) is 0.529. The number of nitrogens with zero attached hydrogens (tertiary/aromatic N) is 1. The first-order chi connectivity index (χ1) is 11.6. The first-order valence-corrected chi connectivity index (χ1v) is 8.35. The lowest BCUT2D eigenvalue weighted by molar-refractivity contribution is -0.132. The highest BCUT2D eigenvalue weighted by Gasteiger charge is 2.28. The number of nitrogens with two attached hydrogens (primary N) is 1. The molecule has 0 unspecified atom stereocenters. The number of anilines is 1. The normalized spacial score (nSPS) is 18.1. The Labute approximate surface area is 142 Å². The molecule has 1 saturated heterocycles. The molecule has 0 saturated carbocycles. The van der Waals surface area contributed by atoms with Crippen molar-refractivity contribution in [2.45, 2.75) is 32.4 Å². The van der Waals surface area contributed by atoms with Gasteiger partial charge in [-0.1, -0.05) is 25.5 Å². The van der Waals surface area contributed by atoms with Gasteiger partial charge < -0.3 is 21.1 Å². The van der Waals surface area contributed by atoms with Crippen molar-refractivity contribution in [2.75, 3.05) is 31.6 Å². The molecular weight excluding hydrogens is 308 g/mol. The van der Waals surface area contributed by atoms with Gasteiger partial charge >= 0.3 is 6.03 Å². The molecule has 0 radical (unpaired) electrons. The Morgan fingerprint density at radius 1 is 1.33 bits per heavy atom. The molecule has 7 nitrogen and oxygen atoms in total. The van der Waals surface area contributed by atoms with Gasteiger partial charge in [0, 0.05) is 18.8 Å². The average Bonchev–Trinajstić information content (AvgIpc) is 2.59. The summed E-state index contributed by atoms with van der Waals surface area (Å²) in [7, 11) is 0. The first kappa shape index (κ1) is 18.2. The summed E-state index contributed by atoms with van der Waals surface area (Å²) in [5.74, 6) is -0.00913. The summed E-state index contributed by atoms with van der Waals surface area (Å²) in [6, 6.07) is 6.38. The van der Waals surface area contributed by atoms with E-state index in [1.807, 2.05) is 12.1 Å². The minimum Gasteiger partial charge on any atom is -0.378 e. The molecule has 4 N–H and O–H groups in total. The number of benzene rings is 1. The van der Waals surface area contributed by atoms with Crippen LogP contribution in [-0.2, 0) is 16.1 Å². The number of nitrogens with one attached hydrogen (secondary N) is 2. The van der Waals surface area contributed by atoms with Crippen molar-refractivity contribution >= 4 is 17.6 Å². The number of ether oxygens (including phenoxy) is 1. The number of hydrogen-bond acceptors (Lipinski definition) is 4. The van der Waals surface area contributed by atoms with Gasteiger partial charge in [0.1, 0.15) is 6.04 Å². The molecule has 24 heavy (non-hydrogen) atoms.